The quantitative estimate of drug-likeness (QED) is 0.839. The maximum atomic E-state index is 4.57. The zero-order chi connectivity index (χ0) is 14.6. The van der Waals surface area contributed by atoms with E-state index < -0.39 is 0 Å². The van der Waals surface area contributed by atoms with Crippen LogP contribution in [0.1, 0.15) is 44.0 Å². The second kappa shape index (κ2) is 6.66. The van der Waals surface area contributed by atoms with Crippen molar-refractivity contribution in [3.05, 3.63) is 11.4 Å². The van der Waals surface area contributed by atoms with Gasteiger partial charge in [0.05, 0.1) is 0 Å². The molecule has 2 N–H and O–H groups in total. The summed E-state index contributed by atoms with van der Waals surface area (Å²) in [6, 6.07) is 0. The van der Waals surface area contributed by atoms with E-state index in [9.17, 15) is 0 Å². The van der Waals surface area contributed by atoms with Gasteiger partial charge in [-0.1, -0.05) is 12.8 Å². The molecule has 112 valence electrons. The van der Waals surface area contributed by atoms with Crippen molar-refractivity contribution < 1.29 is 0 Å². The molecule has 0 aromatic carbocycles. The van der Waals surface area contributed by atoms with Gasteiger partial charge in [-0.2, -0.15) is 11.8 Å². The van der Waals surface area contributed by atoms with E-state index in [0.717, 1.165) is 36.1 Å². The number of anilines is 2. The minimum Gasteiger partial charge on any atom is -0.370 e. The van der Waals surface area contributed by atoms with Gasteiger partial charge in [-0.05, 0) is 39.9 Å². The summed E-state index contributed by atoms with van der Waals surface area (Å²) in [6.45, 7) is 8.00. The summed E-state index contributed by atoms with van der Waals surface area (Å²) < 4.78 is 0.393. The molecule has 1 saturated carbocycles. The number of thioether (sulfide) groups is 1. The number of rotatable bonds is 6. The topological polar surface area (TPSA) is 49.8 Å². The van der Waals surface area contributed by atoms with Crippen LogP contribution in [0.15, 0.2) is 0 Å². The monoisotopic (exact) mass is 294 g/mol. The van der Waals surface area contributed by atoms with Gasteiger partial charge in [0.1, 0.15) is 17.5 Å². The molecular formula is C15H26N4S. The lowest BCUT2D eigenvalue weighted by Gasteiger charge is -2.27. The Morgan fingerprint density at radius 1 is 1.10 bits per heavy atom. The van der Waals surface area contributed by atoms with E-state index in [1.807, 2.05) is 18.7 Å². The van der Waals surface area contributed by atoms with Crippen LogP contribution in [0.2, 0.25) is 0 Å². The molecule has 0 unspecified atom stereocenters. The second-order valence-electron chi connectivity index (χ2n) is 5.57. The molecule has 0 radical (unpaired) electrons. The first-order valence-corrected chi connectivity index (χ1v) is 8.71. The van der Waals surface area contributed by atoms with Gasteiger partial charge in [0.15, 0.2) is 0 Å². The SMILES string of the molecule is CCNc1nc(C)nc(NCC2(SC)CCCC2)c1C. The Balaban J connectivity index is 2.12. The summed E-state index contributed by atoms with van der Waals surface area (Å²) in [7, 11) is 0. The molecule has 0 bridgehead atoms. The Morgan fingerprint density at radius 2 is 1.70 bits per heavy atom. The van der Waals surface area contributed by atoms with E-state index in [4.69, 9.17) is 0 Å². The summed E-state index contributed by atoms with van der Waals surface area (Å²) in [5.74, 6) is 2.75. The molecule has 0 amide bonds. The van der Waals surface area contributed by atoms with Crippen LogP contribution in [0.4, 0.5) is 11.6 Å². The molecule has 4 nitrogen and oxygen atoms in total. The summed E-state index contributed by atoms with van der Waals surface area (Å²) in [5, 5.41) is 6.89. The van der Waals surface area contributed by atoms with Crippen LogP contribution in [0.25, 0.3) is 0 Å². The van der Waals surface area contributed by atoms with Gasteiger partial charge in [-0.3, -0.25) is 0 Å². The standard InChI is InChI=1S/C15H26N4S/c1-5-16-13-11(2)14(19-12(3)18-13)17-10-15(20-4)8-6-7-9-15/h5-10H2,1-4H3,(H2,16,17,18,19). The third-order valence-electron chi connectivity index (χ3n) is 4.13. The Bertz CT molecular complexity index is 455. The molecule has 1 aromatic heterocycles. The molecule has 1 aliphatic rings. The molecule has 2 rings (SSSR count). The third kappa shape index (κ3) is 3.37. The highest BCUT2D eigenvalue weighted by molar-refractivity contribution is 8.00. The van der Waals surface area contributed by atoms with Gasteiger partial charge < -0.3 is 10.6 Å². The highest BCUT2D eigenvalue weighted by Crippen LogP contribution is 2.40. The fourth-order valence-corrected chi connectivity index (χ4v) is 3.77. The predicted octanol–water partition coefficient (Wildman–Crippen LogP) is 3.61. The van der Waals surface area contributed by atoms with Crippen molar-refractivity contribution in [2.45, 2.75) is 51.2 Å². The van der Waals surface area contributed by atoms with Crippen LogP contribution < -0.4 is 10.6 Å². The van der Waals surface area contributed by atoms with Gasteiger partial charge >= 0.3 is 0 Å². The first-order chi connectivity index (χ1) is 9.60. The summed E-state index contributed by atoms with van der Waals surface area (Å²) >= 11 is 2.00. The van der Waals surface area contributed by atoms with Crippen LogP contribution in [-0.2, 0) is 0 Å². The average Bonchev–Trinajstić information content (AvgIpc) is 2.90. The molecule has 1 aromatic rings. The normalized spacial score (nSPS) is 17.2. The van der Waals surface area contributed by atoms with Crippen LogP contribution in [0, 0.1) is 13.8 Å². The number of aryl methyl sites for hydroxylation is 1. The zero-order valence-electron chi connectivity index (χ0n) is 13.0. The zero-order valence-corrected chi connectivity index (χ0v) is 13.9. The molecule has 0 aliphatic heterocycles. The highest BCUT2D eigenvalue weighted by Gasteiger charge is 2.32. The molecule has 5 heteroatoms. The average molecular weight is 294 g/mol. The van der Waals surface area contributed by atoms with Crippen LogP contribution in [0.3, 0.4) is 0 Å². The van der Waals surface area contributed by atoms with E-state index in [2.05, 4.69) is 40.7 Å². The number of aromatic nitrogens is 2. The van der Waals surface area contributed by atoms with Crippen molar-refractivity contribution in [3.8, 4) is 0 Å². The Kier molecular flexibility index (Phi) is 5.13. The lowest BCUT2D eigenvalue weighted by Crippen LogP contribution is -2.30. The smallest absolute Gasteiger partial charge is 0.134 e. The maximum absolute atomic E-state index is 4.57. The molecule has 0 spiro atoms. The number of nitrogens with zero attached hydrogens (tertiary/aromatic N) is 2. The molecule has 0 saturated heterocycles. The molecule has 20 heavy (non-hydrogen) atoms. The molecular weight excluding hydrogens is 268 g/mol. The minimum atomic E-state index is 0.393. The van der Waals surface area contributed by atoms with Gasteiger partial charge in [0.2, 0.25) is 0 Å². The number of hydrogen-bond donors (Lipinski definition) is 2. The summed E-state index contributed by atoms with van der Waals surface area (Å²) in [5.41, 5.74) is 1.12. The number of nitrogens with one attached hydrogen (secondary N) is 2. The lowest BCUT2D eigenvalue weighted by atomic mass is 10.1. The molecule has 0 atom stereocenters. The largest absolute Gasteiger partial charge is 0.370 e. The highest BCUT2D eigenvalue weighted by atomic mass is 32.2. The van der Waals surface area contributed by atoms with Crippen molar-refractivity contribution >= 4 is 23.4 Å². The van der Waals surface area contributed by atoms with E-state index in [1.165, 1.54) is 25.7 Å². The van der Waals surface area contributed by atoms with Gasteiger partial charge in [0.25, 0.3) is 0 Å². The Hall–Kier alpha value is -0.970. The van der Waals surface area contributed by atoms with E-state index in [0.29, 0.717) is 4.75 Å². The van der Waals surface area contributed by atoms with Crippen LogP contribution in [-0.4, -0.2) is 34.1 Å². The van der Waals surface area contributed by atoms with Crippen molar-refractivity contribution in [1.29, 1.82) is 0 Å². The van der Waals surface area contributed by atoms with Crippen LogP contribution >= 0.6 is 11.8 Å². The summed E-state index contributed by atoms with van der Waals surface area (Å²) in [6.07, 6.45) is 7.56. The third-order valence-corrected chi connectivity index (χ3v) is 5.55. The number of hydrogen-bond acceptors (Lipinski definition) is 5. The van der Waals surface area contributed by atoms with Crippen LogP contribution in [0.5, 0.6) is 0 Å². The molecule has 1 fully saturated rings. The van der Waals surface area contributed by atoms with E-state index in [1.54, 1.807) is 0 Å². The van der Waals surface area contributed by atoms with E-state index in [-0.39, 0.29) is 0 Å². The Morgan fingerprint density at radius 3 is 2.25 bits per heavy atom. The van der Waals surface area contributed by atoms with Gasteiger partial charge in [-0.25, -0.2) is 9.97 Å². The second-order valence-corrected chi connectivity index (χ2v) is 6.85. The van der Waals surface area contributed by atoms with E-state index >= 15 is 0 Å². The first kappa shape index (κ1) is 15.4. The Labute approximate surface area is 126 Å². The van der Waals surface area contributed by atoms with Gasteiger partial charge in [0, 0.05) is 23.4 Å². The lowest BCUT2D eigenvalue weighted by molar-refractivity contribution is 0.638. The minimum absolute atomic E-state index is 0.393. The fourth-order valence-electron chi connectivity index (χ4n) is 2.86. The maximum Gasteiger partial charge on any atom is 0.134 e. The van der Waals surface area contributed by atoms with Crippen molar-refractivity contribution in [2.24, 2.45) is 0 Å². The molecule has 1 heterocycles. The first-order valence-electron chi connectivity index (χ1n) is 7.48. The van der Waals surface area contributed by atoms with Crippen molar-refractivity contribution in [1.82, 2.24) is 9.97 Å². The fraction of sp³-hybridized carbons (Fsp3) is 0.733. The van der Waals surface area contributed by atoms with Crippen molar-refractivity contribution in [2.75, 3.05) is 30.0 Å². The summed E-state index contributed by atoms with van der Waals surface area (Å²) in [4.78, 5) is 9.04. The predicted molar refractivity (Wildman–Crippen MR) is 88.9 cm³/mol. The molecule has 1 aliphatic carbocycles. The van der Waals surface area contributed by atoms with Gasteiger partial charge in [-0.15, -0.1) is 0 Å². The van der Waals surface area contributed by atoms with Crippen molar-refractivity contribution in [3.63, 3.8) is 0 Å².